The lowest BCUT2D eigenvalue weighted by atomic mass is 10.1. The Morgan fingerprint density at radius 3 is 2.37 bits per heavy atom. The average molecular weight is 522 g/mol. The van der Waals surface area contributed by atoms with Crippen molar-refractivity contribution in [2.24, 2.45) is 0 Å². The summed E-state index contributed by atoms with van der Waals surface area (Å²) in [6, 6.07) is 10.6. The van der Waals surface area contributed by atoms with Gasteiger partial charge in [0.2, 0.25) is 0 Å². The van der Waals surface area contributed by atoms with Gasteiger partial charge in [-0.25, -0.2) is 9.59 Å². The Morgan fingerprint density at radius 2 is 1.68 bits per heavy atom. The summed E-state index contributed by atoms with van der Waals surface area (Å²) in [4.78, 5) is 53.6. The van der Waals surface area contributed by atoms with E-state index in [1.54, 1.807) is 54.0 Å². The number of ether oxygens (including phenoxy) is 1. The number of Topliss-reactive ketones (excluding diaryl/α,β-unsaturated/α-hetero) is 1. The van der Waals surface area contributed by atoms with Gasteiger partial charge >= 0.3 is 11.7 Å². The minimum atomic E-state index is -0.517. The van der Waals surface area contributed by atoms with Crippen LogP contribution < -0.4 is 21.9 Å². The van der Waals surface area contributed by atoms with Gasteiger partial charge in [-0.15, -0.1) is 0 Å². The van der Waals surface area contributed by atoms with Crippen LogP contribution in [0.4, 0.5) is 16.2 Å². The van der Waals surface area contributed by atoms with Crippen molar-refractivity contribution in [3.63, 3.8) is 0 Å². The first-order valence-corrected chi connectivity index (χ1v) is 13.0. The van der Waals surface area contributed by atoms with Crippen LogP contribution in [0.25, 0.3) is 10.9 Å². The number of aromatic nitrogens is 2. The second-order valence-corrected chi connectivity index (χ2v) is 9.76. The van der Waals surface area contributed by atoms with Gasteiger partial charge in [0.15, 0.2) is 5.78 Å². The van der Waals surface area contributed by atoms with Crippen molar-refractivity contribution in [2.75, 3.05) is 44.0 Å². The Morgan fingerprint density at radius 1 is 0.974 bits per heavy atom. The summed E-state index contributed by atoms with van der Waals surface area (Å²) in [5.74, 6) is -0.103. The van der Waals surface area contributed by atoms with Gasteiger partial charge in [-0.3, -0.25) is 18.7 Å². The Labute approximate surface area is 221 Å². The molecular formula is C28H35N5O5. The molecule has 2 aromatic carbocycles. The molecule has 0 bridgehead atoms. The number of fused-ring (bicyclic) bond motifs is 1. The Kier molecular flexibility index (Phi) is 8.75. The molecule has 1 fully saturated rings. The van der Waals surface area contributed by atoms with E-state index in [4.69, 9.17) is 4.74 Å². The number of ketones is 1. The van der Waals surface area contributed by atoms with E-state index in [-0.39, 0.29) is 18.1 Å². The number of anilines is 2. The number of nitrogens with one attached hydrogen (secondary N) is 2. The van der Waals surface area contributed by atoms with Gasteiger partial charge in [-0.2, -0.15) is 0 Å². The molecule has 0 spiro atoms. The third-order valence-electron chi connectivity index (χ3n) is 6.90. The van der Waals surface area contributed by atoms with Crippen LogP contribution in [0.5, 0.6) is 0 Å². The fourth-order valence-electron chi connectivity index (χ4n) is 4.92. The standard InChI is InChI=1S/C28H35N5O5/c1-19(18-38-3)33-26(35)24-17-23(30-27(36)29-22-9-7-8-21(16-22)20(2)34)10-11-25(24)32(28(33)37)15-14-31-12-5-4-6-13-31/h7-11,16-17,19H,4-6,12-15,18H2,1-3H3,(H2,29,30,36). The maximum atomic E-state index is 13.5. The third-order valence-corrected chi connectivity index (χ3v) is 6.90. The van der Waals surface area contributed by atoms with Crippen LogP contribution in [-0.2, 0) is 11.3 Å². The number of hydrogen-bond acceptors (Lipinski definition) is 6. The molecule has 1 aliphatic heterocycles. The maximum absolute atomic E-state index is 13.5. The predicted molar refractivity (Wildman–Crippen MR) is 148 cm³/mol. The molecule has 1 aromatic heterocycles. The van der Waals surface area contributed by atoms with Crippen LogP contribution in [-0.4, -0.2) is 59.2 Å². The number of hydrogen-bond donors (Lipinski definition) is 2. The van der Waals surface area contributed by atoms with Gasteiger partial charge in [-0.05, 0) is 70.1 Å². The third kappa shape index (κ3) is 6.20. The Balaban J connectivity index is 1.65. The summed E-state index contributed by atoms with van der Waals surface area (Å²) in [7, 11) is 1.53. The summed E-state index contributed by atoms with van der Waals surface area (Å²) >= 11 is 0. The molecule has 10 nitrogen and oxygen atoms in total. The van der Waals surface area contributed by atoms with E-state index in [2.05, 4.69) is 15.5 Å². The smallest absolute Gasteiger partial charge is 0.331 e. The fraction of sp³-hybridized carbons (Fsp3) is 0.429. The van der Waals surface area contributed by atoms with Gasteiger partial charge in [-0.1, -0.05) is 18.6 Å². The molecule has 2 heterocycles. The summed E-state index contributed by atoms with van der Waals surface area (Å²) < 4.78 is 8.11. The van der Waals surface area contributed by atoms with Crippen LogP contribution in [0.2, 0.25) is 0 Å². The van der Waals surface area contributed by atoms with Crippen LogP contribution >= 0.6 is 0 Å². The highest BCUT2D eigenvalue weighted by atomic mass is 16.5. The highest BCUT2D eigenvalue weighted by Crippen LogP contribution is 2.18. The van der Waals surface area contributed by atoms with Crippen molar-refractivity contribution in [1.29, 1.82) is 0 Å². The first kappa shape index (κ1) is 27.3. The number of nitrogens with zero attached hydrogens (tertiary/aromatic N) is 3. The van der Waals surface area contributed by atoms with Crippen molar-refractivity contribution < 1.29 is 14.3 Å². The zero-order chi connectivity index (χ0) is 27.2. The number of carbonyl (C=O) groups is 2. The van der Waals surface area contributed by atoms with E-state index in [0.29, 0.717) is 40.9 Å². The van der Waals surface area contributed by atoms with Crippen molar-refractivity contribution in [1.82, 2.24) is 14.0 Å². The lowest BCUT2D eigenvalue weighted by Crippen LogP contribution is -2.44. The maximum Gasteiger partial charge on any atom is 0.331 e. The zero-order valence-electron chi connectivity index (χ0n) is 22.2. The molecule has 1 atom stereocenters. The minimum absolute atomic E-state index is 0.103. The van der Waals surface area contributed by atoms with E-state index < -0.39 is 17.6 Å². The zero-order valence-corrected chi connectivity index (χ0v) is 22.2. The molecule has 202 valence electrons. The number of piperidine rings is 1. The number of likely N-dealkylation sites (tertiary alicyclic amines) is 1. The minimum Gasteiger partial charge on any atom is -0.383 e. The number of benzene rings is 2. The van der Waals surface area contributed by atoms with Crippen LogP contribution in [0, 0.1) is 0 Å². The lowest BCUT2D eigenvalue weighted by molar-refractivity contribution is 0.101. The van der Waals surface area contributed by atoms with Crippen molar-refractivity contribution in [3.05, 3.63) is 68.9 Å². The second kappa shape index (κ2) is 12.2. The molecule has 1 aliphatic rings. The SMILES string of the molecule is COCC(C)n1c(=O)c2cc(NC(=O)Nc3cccc(C(C)=O)c3)ccc2n(CCN2CCCCC2)c1=O. The van der Waals surface area contributed by atoms with Crippen molar-refractivity contribution in [3.8, 4) is 0 Å². The monoisotopic (exact) mass is 521 g/mol. The molecule has 0 aliphatic carbocycles. The normalized spacial score (nSPS) is 14.8. The van der Waals surface area contributed by atoms with E-state index in [1.807, 2.05) is 0 Å². The molecule has 2 N–H and O–H groups in total. The topological polar surface area (TPSA) is 115 Å². The molecule has 1 unspecified atom stereocenters. The molecule has 3 aromatic rings. The van der Waals surface area contributed by atoms with Gasteiger partial charge in [0, 0.05) is 37.1 Å². The average Bonchev–Trinajstić information content (AvgIpc) is 2.89. The Hall–Kier alpha value is -3.76. The van der Waals surface area contributed by atoms with Gasteiger partial charge < -0.3 is 20.3 Å². The number of urea groups is 1. The molecule has 0 saturated carbocycles. The van der Waals surface area contributed by atoms with Crippen LogP contribution in [0.15, 0.2) is 52.1 Å². The molecule has 1 saturated heterocycles. The highest BCUT2D eigenvalue weighted by molar-refractivity contribution is 6.02. The molecule has 10 heteroatoms. The number of rotatable bonds is 9. The van der Waals surface area contributed by atoms with Crippen molar-refractivity contribution in [2.45, 2.75) is 45.7 Å². The van der Waals surface area contributed by atoms with E-state index in [1.165, 1.54) is 25.0 Å². The fourth-order valence-corrected chi connectivity index (χ4v) is 4.92. The van der Waals surface area contributed by atoms with Crippen molar-refractivity contribution >= 4 is 34.1 Å². The summed E-state index contributed by atoms with van der Waals surface area (Å²) in [6.45, 7) is 6.63. The number of carbonyl (C=O) groups excluding carboxylic acids is 2. The molecule has 0 radical (unpaired) electrons. The predicted octanol–water partition coefficient (Wildman–Crippen LogP) is 3.70. The van der Waals surface area contributed by atoms with Gasteiger partial charge in [0.1, 0.15) is 0 Å². The van der Waals surface area contributed by atoms with E-state index in [9.17, 15) is 19.2 Å². The van der Waals surface area contributed by atoms with Gasteiger partial charge in [0.05, 0.1) is 23.6 Å². The summed E-state index contributed by atoms with van der Waals surface area (Å²) in [6.07, 6.45) is 3.52. The van der Waals surface area contributed by atoms with E-state index >= 15 is 0 Å². The summed E-state index contributed by atoms with van der Waals surface area (Å²) in [5, 5.41) is 5.79. The quantitative estimate of drug-likeness (QED) is 0.415. The van der Waals surface area contributed by atoms with Crippen LogP contribution in [0.1, 0.15) is 49.5 Å². The molecule has 38 heavy (non-hydrogen) atoms. The van der Waals surface area contributed by atoms with Crippen LogP contribution in [0.3, 0.4) is 0 Å². The number of amides is 2. The first-order valence-electron chi connectivity index (χ1n) is 13.0. The largest absolute Gasteiger partial charge is 0.383 e. The Bertz CT molecular complexity index is 1440. The summed E-state index contributed by atoms with van der Waals surface area (Å²) in [5.41, 5.74) is 1.09. The highest BCUT2D eigenvalue weighted by Gasteiger charge is 2.19. The van der Waals surface area contributed by atoms with Gasteiger partial charge in [0.25, 0.3) is 5.56 Å². The lowest BCUT2D eigenvalue weighted by Gasteiger charge is -2.27. The second-order valence-electron chi connectivity index (χ2n) is 9.76. The first-order chi connectivity index (χ1) is 18.3. The van der Waals surface area contributed by atoms with E-state index in [0.717, 1.165) is 25.9 Å². The number of methoxy groups -OCH3 is 1. The molecular weight excluding hydrogens is 486 g/mol. The molecule has 2 amide bonds. The molecule has 4 rings (SSSR count).